The van der Waals surface area contributed by atoms with Crippen LogP contribution < -0.4 is 5.32 Å². The Hall–Kier alpha value is -1.48. The average molecular weight is 304 g/mol. The van der Waals surface area contributed by atoms with Crippen LogP contribution in [0, 0.1) is 6.92 Å². The molecule has 1 aliphatic rings. The van der Waals surface area contributed by atoms with Gasteiger partial charge in [-0.1, -0.05) is 36.6 Å². The van der Waals surface area contributed by atoms with E-state index < -0.39 is 0 Å². The van der Waals surface area contributed by atoms with Gasteiger partial charge in [-0.3, -0.25) is 0 Å². The zero-order valence-corrected chi connectivity index (χ0v) is 13.4. The van der Waals surface area contributed by atoms with Crippen LogP contribution >= 0.6 is 11.6 Å². The summed E-state index contributed by atoms with van der Waals surface area (Å²) < 4.78 is 2.33. The number of nitrogens with one attached hydrogen (secondary N) is 1. The monoisotopic (exact) mass is 303 g/mol. The maximum atomic E-state index is 5.95. The lowest BCUT2D eigenvalue weighted by atomic mass is 10.1. The second-order valence-corrected chi connectivity index (χ2v) is 6.41. The molecular weight excluding hydrogens is 282 g/mol. The summed E-state index contributed by atoms with van der Waals surface area (Å²) in [5, 5.41) is 4.33. The summed E-state index contributed by atoms with van der Waals surface area (Å²) in [5.41, 5.74) is 2.30. The number of hydrogen-bond donors (Lipinski definition) is 1. The molecule has 0 spiro atoms. The van der Waals surface area contributed by atoms with Gasteiger partial charge in [-0.05, 0) is 44.4 Å². The Labute approximate surface area is 131 Å². The Morgan fingerprint density at radius 3 is 2.57 bits per heavy atom. The van der Waals surface area contributed by atoms with Crippen LogP contribution in [0.25, 0.3) is 0 Å². The van der Waals surface area contributed by atoms with Crippen molar-refractivity contribution in [1.82, 2.24) is 9.55 Å². The van der Waals surface area contributed by atoms with Crippen LogP contribution in [-0.2, 0) is 0 Å². The molecule has 1 aromatic carbocycles. The van der Waals surface area contributed by atoms with Crippen molar-refractivity contribution < 1.29 is 0 Å². The summed E-state index contributed by atoms with van der Waals surface area (Å²) in [6.45, 7) is 4.22. The molecule has 1 aromatic heterocycles. The summed E-state index contributed by atoms with van der Waals surface area (Å²) in [6, 6.07) is 8.81. The van der Waals surface area contributed by atoms with Crippen LogP contribution in [0.15, 0.2) is 30.5 Å². The van der Waals surface area contributed by atoms with Crippen LogP contribution in [0.4, 0.5) is 5.95 Å². The molecule has 1 N–H and O–H groups in total. The number of benzene rings is 1. The molecule has 0 radical (unpaired) electrons. The maximum absolute atomic E-state index is 5.95. The second-order valence-electron chi connectivity index (χ2n) is 5.97. The number of aryl methyl sites for hydroxylation is 1. The highest BCUT2D eigenvalue weighted by molar-refractivity contribution is 6.30. The standard InChI is InChI=1S/C17H22ClN3/c1-12-11-21(16-5-3-4-6-16)17(19-12)20-13(2)14-7-9-15(18)10-8-14/h7-11,13,16H,3-6H2,1-2H3,(H,19,20). The van der Waals surface area contributed by atoms with Crippen molar-refractivity contribution in [3.63, 3.8) is 0 Å². The fourth-order valence-electron chi connectivity index (χ4n) is 3.11. The molecule has 0 bridgehead atoms. The fourth-order valence-corrected chi connectivity index (χ4v) is 3.24. The SMILES string of the molecule is Cc1cn(C2CCCC2)c(NC(C)c2ccc(Cl)cc2)n1. The number of halogens is 1. The van der Waals surface area contributed by atoms with Gasteiger partial charge in [0.1, 0.15) is 0 Å². The summed E-state index contributed by atoms with van der Waals surface area (Å²) >= 11 is 5.95. The van der Waals surface area contributed by atoms with Gasteiger partial charge in [0, 0.05) is 17.3 Å². The highest BCUT2D eigenvalue weighted by Gasteiger charge is 2.21. The van der Waals surface area contributed by atoms with E-state index in [-0.39, 0.29) is 6.04 Å². The predicted octanol–water partition coefficient (Wildman–Crippen LogP) is 5.13. The largest absolute Gasteiger partial charge is 0.349 e. The molecule has 1 saturated carbocycles. The van der Waals surface area contributed by atoms with Gasteiger partial charge < -0.3 is 9.88 Å². The number of anilines is 1. The van der Waals surface area contributed by atoms with E-state index in [1.165, 1.54) is 31.2 Å². The minimum Gasteiger partial charge on any atom is -0.349 e. The molecule has 0 amide bonds. The lowest BCUT2D eigenvalue weighted by Gasteiger charge is -2.19. The molecule has 2 aromatic rings. The van der Waals surface area contributed by atoms with E-state index in [0.717, 1.165) is 16.7 Å². The average Bonchev–Trinajstić information content (AvgIpc) is 3.09. The number of nitrogens with zero attached hydrogens (tertiary/aromatic N) is 2. The topological polar surface area (TPSA) is 29.9 Å². The summed E-state index contributed by atoms with van der Waals surface area (Å²) in [4.78, 5) is 4.66. The molecule has 1 fully saturated rings. The lowest BCUT2D eigenvalue weighted by Crippen LogP contribution is -2.14. The quantitative estimate of drug-likeness (QED) is 0.848. The Bertz CT molecular complexity index is 597. The Morgan fingerprint density at radius 1 is 1.24 bits per heavy atom. The second kappa shape index (κ2) is 6.10. The highest BCUT2D eigenvalue weighted by Crippen LogP contribution is 2.33. The summed E-state index contributed by atoms with van der Waals surface area (Å²) in [6.07, 6.45) is 7.36. The van der Waals surface area contributed by atoms with E-state index in [2.05, 4.69) is 47.0 Å². The van der Waals surface area contributed by atoms with Gasteiger partial charge in [0.25, 0.3) is 0 Å². The van der Waals surface area contributed by atoms with Gasteiger partial charge in [0.2, 0.25) is 5.95 Å². The van der Waals surface area contributed by atoms with Gasteiger partial charge in [-0.15, -0.1) is 0 Å². The van der Waals surface area contributed by atoms with Crippen LogP contribution in [0.3, 0.4) is 0 Å². The van der Waals surface area contributed by atoms with Crippen molar-refractivity contribution in [2.75, 3.05) is 5.32 Å². The van der Waals surface area contributed by atoms with Crippen molar-refractivity contribution in [2.24, 2.45) is 0 Å². The molecule has 21 heavy (non-hydrogen) atoms. The fraction of sp³-hybridized carbons (Fsp3) is 0.471. The molecule has 1 atom stereocenters. The van der Waals surface area contributed by atoms with Gasteiger partial charge >= 0.3 is 0 Å². The summed E-state index contributed by atoms with van der Waals surface area (Å²) in [7, 11) is 0. The van der Waals surface area contributed by atoms with Crippen LogP contribution in [0.1, 0.15) is 55.9 Å². The van der Waals surface area contributed by atoms with E-state index in [9.17, 15) is 0 Å². The van der Waals surface area contributed by atoms with Crippen LogP contribution in [0.5, 0.6) is 0 Å². The van der Waals surface area contributed by atoms with Crippen molar-refractivity contribution in [1.29, 1.82) is 0 Å². The van der Waals surface area contributed by atoms with Gasteiger partial charge in [-0.25, -0.2) is 4.98 Å². The van der Waals surface area contributed by atoms with E-state index in [1.807, 2.05) is 12.1 Å². The molecule has 3 rings (SSSR count). The molecule has 1 heterocycles. The molecular formula is C17H22ClN3. The minimum absolute atomic E-state index is 0.212. The first-order valence-electron chi connectivity index (χ1n) is 7.71. The normalized spacial score (nSPS) is 17.1. The predicted molar refractivity (Wildman–Crippen MR) is 88.0 cm³/mol. The number of aromatic nitrogens is 2. The first-order chi connectivity index (χ1) is 10.1. The maximum Gasteiger partial charge on any atom is 0.203 e. The van der Waals surface area contributed by atoms with Crippen molar-refractivity contribution in [3.05, 3.63) is 46.7 Å². The van der Waals surface area contributed by atoms with E-state index in [1.54, 1.807) is 0 Å². The number of hydrogen-bond acceptors (Lipinski definition) is 2. The summed E-state index contributed by atoms with van der Waals surface area (Å²) in [5.74, 6) is 0.988. The van der Waals surface area contributed by atoms with Crippen LogP contribution in [-0.4, -0.2) is 9.55 Å². The molecule has 1 unspecified atom stereocenters. The Balaban J connectivity index is 1.79. The third kappa shape index (κ3) is 3.24. The minimum atomic E-state index is 0.212. The van der Waals surface area contributed by atoms with Crippen molar-refractivity contribution >= 4 is 17.5 Å². The zero-order chi connectivity index (χ0) is 14.8. The Morgan fingerprint density at radius 2 is 1.90 bits per heavy atom. The first-order valence-corrected chi connectivity index (χ1v) is 8.09. The molecule has 0 saturated heterocycles. The number of imidazole rings is 1. The Kier molecular flexibility index (Phi) is 4.20. The smallest absolute Gasteiger partial charge is 0.203 e. The van der Waals surface area contributed by atoms with E-state index in [4.69, 9.17) is 11.6 Å². The molecule has 0 aliphatic heterocycles. The molecule has 112 valence electrons. The highest BCUT2D eigenvalue weighted by atomic mass is 35.5. The lowest BCUT2D eigenvalue weighted by molar-refractivity contribution is 0.520. The van der Waals surface area contributed by atoms with Gasteiger partial charge in [0.15, 0.2) is 0 Å². The molecule has 1 aliphatic carbocycles. The van der Waals surface area contributed by atoms with E-state index >= 15 is 0 Å². The third-order valence-corrected chi connectivity index (χ3v) is 4.54. The van der Waals surface area contributed by atoms with Gasteiger partial charge in [-0.2, -0.15) is 0 Å². The van der Waals surface area contributed by atoms with Crippen molar-refractivity contribution in [2.45, 2.75) is 51.6 Å². The zero-order valence-electron chi connectivity index (χ0n) is 12.6. The van der Waals surface area contributed by atoms with Crippen molar-refractivity contribution in [3.8, 4) is 0 Å². The third-order valence-electron chi connectivity index (χ3n) is 4.29. The molecule has 4 heteroatoms. The first kappa shape index (κ1) is 14.5. The number of rotatable bonds is 4. The van der Waals surface area contributed by atoms with Gasteiger partial charge in [0.05, 0.1) is 11.7 Å². The van der Waals surface area contributed by atoms with Crippen LogP contribution in [0.2, 0.25) is 5.02 Å². The molecule has 3 nitrogen and oxygen atoms in total. The van der Waals surface area contributed by atoms with E-state index in [0.29, 0.717) is 6.04 Å².